The lowest BCUT2D eigenvalue weighted by Crippen LogP contribution is -2.39. The second kappa shape index (κ2) is 5.92. The smallest absolute Gasteiger partial charge is 0.355 e. The van der Waals surface area contributed by atoms with Gasteiger partial charge in [-0.25, -0.2) is 0 Å². The Morgan fingerprint density at radius 1 is 1.12 bits per heavy atom. The van der Waals surface area contributed by atoms with E-state index in [2.05, 4.69) is 0 Å². The topological polar surface area (TPSA) is 156 Å². The molecule has 0 aliphatic rings. The predicted octanol–water partition coefficient (Wildman–Crippen LogP) is -2.05. The van der Waals surface area contributed by atoms with Gasteiger partial charge in [0.25, 0.3) is 0 Å². The van der Waals surface area contributed by atoms with E-state index in [0.29, 0.717) is 4.90 Å². The van der Waals surface area contributed by atoms with Crippen LogP contribution in [0.3, 0.4) is 0 Å². The third-order valence-electron chi connectivity index (χ3n) is 1.53. The third-order valence-corrected chi connectivity index (χ3v) is 2.47. The molecule has 0 radical (unpaired) electrons. The molecule has 0 aromatic rings. The Balaban J connectivity index is 4.47. The molecule has 94 valence electrons. The SMILES string of the molecule is O=C(O)CN(CC(=O)O)CC(O)P(=O)(O)O. The summed E-state index contributed by atoms with van der Waals surface area (Å²) in [6.07, 6.45) is 0. The molecule has 0 saturated carbocycles. The highest BCUT2D eigenvalue weighted by atomic mass is 31.2. The molecule has 0 spiro atoms. The van der Waals surface area contributed by atoms with Crippen molar-refractivity contribution in [1.82, 2.24) is 4.90 Å². The van der Waals surface area contributed by atoms with Gasteiger partial charge in [-0.3, -0.25) is 19.1 Å². The number of aliphatic hydroxyl groups excluding tert-OH is 1. The molecule has 0 saturated heterocycles. The summed E-state index contributed by atoms with van der Waals surface area (Å²) in [5, 5.41) is 25.8. The van der Waals surface area contributed by atoms with Gasteiger partial charge in [-0.1, -0.05) is 0 Å². The highest BCUT2D eigenvalue weighted by Gasteiger charge is 2.29. The molecule has 0 aliphatic carbocycles. The van der Waals surface area contributed by atoms with Crippen molar-refractivity contribution in [3.8, 4) is 0 Å². The first-order valence-electron chi connectivity index (χ1n) is 4.02. The zero-order valence-electron chi connectivity index (χ0n) is 8.05. The average Bonchev–Trinajstić information content (AvgIpc) is 1.98. The van der Waals surface area contributed by atoms with Gasteiger partial charge in [-0.15, -0.1) is 0 Å². The summed E-state index contributed by atoms with van der Waals surface area (Å²) in [5.74, 6) is -4.83. The van der Waals surface area contributed by atoms with Crippen molar-refractivity contribution in [2.75, 3.05) is 19.6 Å². The van der Waals surface area contributed by atoms with Crippen molar-refractivity contribution >= 4 is 19.5 Å². The third kappa shape index (κ3) is 6.49. The number of aliphatic hydroxyl groups is 1. The molecule has 0 fully saturated rings. The molecule has 0 amide bonds. The highest BCUT2D eigenvalue weighted by molar-refractivity contribution is 7.52. The average molecular weight is 257 g/mol. The van der Waals surface area contributed by atoms with E-state index in [9.17, 15) is 14.2 Å². The van der Waals surface area contributed by atoms with Gasteiger partial charge in [0.15, 0.2) is 5.85 Å². The van der Waals surface area contributed by atoms with Crippen molar-refractivity contribution in [2.45, 2.75) is 5.85 Å². The number of carbonyl (C=O) groups is 2. The Labute approximate surface area is 90.1 Å². The monoisotopic (exact) mass is 257 g/mol. The summed E-state index contributed by atoms with van der Waals surface area (Å²) >= 11 is 0. The first kappa shape index (κ1) is 15.0. The van der Waals surface area contributed by atoms with Crippen molar-refractivity contribution in [2.24, 2.45) is 0 Å². The van der Waals surface area contributed by atoms with Gasteiger partial charge in [0, 0.05) is 6.54 Å². The lowest BCUT2D eigenvalue weighted by molar-refractivity contribution is -0.142. The first-order chi connectivity index (χ1) is 7.12. The normalized spacial score (nSPS) is 13.8. The summed E-state index contributed by atoms with van der Waals surface area (Å²) in [7, 11) is -4.77. The number of nitrogens with zero attached hydrogens (tertiary/aromatic N) is 1. The first-order valence-corrected chi connectivity index (χ1v) is 5.70. The van der Waals surface area contributed by atoms with E-state index in [4.69, 9.17) is 25.1 Å². The molecule has 16 heavy (non-hydrogen) atoms. The van der Waals surface area contributed by atoms with Crippen LogP contribution in [0.4, 0.5) is 0 Å². The van der Waals surface area contributed by atoms with Crippen LogP contribution in [0.2, 0.25) is 0 Å². The van der Waals surface area contributed by atoms with E-state index < -0.39 is 45.0 Å². The summed E-state index contributed by atoms with van der Waals surface area (Å²) in [5.41, 5.74) is 0. The Bertz CT molecular complexity index is 296. The molecule has 1 atom stereocenters. The summed E-state index contributed by atoms with van der Waals surface area (Å²) in [4.78, 5) is 38.4. The minimum atomic E-state index is -4.77. The van der Waals surface area contributed by atoms with Gasteiger partial charge in [0.1, 0.15) is 0 Å². The van der Waals surface area contributed by atoms with Crippen LogP contribution >= 0.6 is 7.60 Å². The molecule has 0 heterocycles. The minimum absolute atomic E-state index is 0.703. The zero-order chi connectivity index (χ0) is 12.9. The molecular formula is C6H12NO8P. The Hall–Kier alpha value is -0.990. The van der Waals surface area contributed by atoms with E-state index in [-0.39, 0.29) is 0 Å². The van der Waals surface area contributed by atoms with Gasteiger partial charge in [-0.05, 0) is 0 Å². The quantitative estimate of drug-likeness (QED) is 0.324. The van der Waals surface area contributed by atoms with Crippen LogP contribution in [0.25, 0.3) is 0 Å². The van der Waals surface area contributed by atoms with Gasteiger partial charge < -0.3 is 25.1 Å². The summed E-state index contributed by atoms with van der Waals surface area (Å²) < 4.78 is 10.6. The fourth-order valence-corrected chi connectivity index (χ4v) is 1.35. The molecule has 5 N–H and O–H groups in total. The van der Waals surface area contributed by atoms with Gasteiger partial charge in [0.05, 0.1) is 13.1 Å². The van der Waals surface area contributed by atoms with Crippen LogP contribution in [-0.4, -0.2) is 67.4 Å². The van der Waals surface area contributed by atoms with E-state index >= 15 is 0 Å². The fraction of sp³-hybridized carbons (Fsp3) is 0.667. The van der Waals surface area contributed by atoms with Crippen LogP contribution in [-0.2, 0) is 14.2 Å². The fourth-order valence-electron chi connectivity index (χ4n) is 0.905. The second-order valence-electron chi connectivity index (χ2n) is 3.03. The molecule has 0 aliphatic heterocycles. The minimum Gasteiger partial charge on any atom is -0.480 e. The van der Waals surface area contributed by atoms with E-state index in [1.165, 1.54) is 0 Å². The largest absolute Gasteiger partial charge is 0.480 e. The van der Waals surface area contributed by atoms with Crippen molar-refractivity contribution in [3.63, 3.8) is 0 Å². The van der Waals surface area contributed by atoms with Crippen LogP contribution in [0.1, 0.15) is 0 Å². The molecule has 0 aromatic heterocycles. The molecule has 10 heteroatoms. The second-order valence-corrected chi connectivity index (χ2v) is 4.80. The number of hydrogen-bond acceptors (Lipinski definition) is 5. The Morgan fingerprint density at radius 3 is 1.75 bits per heavy atom. The van der Waals surface area contributed by atoms with Crippen LogP contribution < -0.4 is 0 Å². The number of rotatable bonds is 7. The van der Waals surface area contributed by atoms with Crippen molar-refractivity contribution in [1.29, 1.82) is 0 Å². The molecule has 0 aromatic carbocycles. The van der Waals surface area contributed by atoms with Gasteiger partial charge >= 0.3 is 19.5 Å². The standard InChI is InChI=1S/C6H12NO8P/c8-4(9)1-7(2-5(10)11)3-6(12)16(13,14)15/h6,12H,1-3H2,(H,8,9)(H,10,11)(H2,13,14,15). The predicted molar refractivity (Wildman–Crippen MR) is 49.8 cm³/mol. The molecular weight excluding hydrogens is 245 g/mol. The maximum atomic E-state index is 10.6. The van der Waals surface area contributed by atoms with E-state index in [0.717, 1.165) is 0 Å². The number of carboxylic acid groups (broad SMARTS) is 2. The maximum Gasteiger partial charge on any atom is 0.355 e. The van der Waals surface area contributed by atoms with E-state index in [1.807, 2.05) is 0 Å². The number of carboxylic acids is 2. The molecule has 0 rings (SSSR count). The Morgan fingerprint density at radius 2 is 1.50 bits per heavy atom. The van der Waals surface area contributed by atoms with Gasteiger partial charge in [0.2, 0.25) is 0 Å². The summed E-state index contributed by atoms with van der Waals surface area (Å²) in [6.45, 7) is -2.20. The van der Waals surface area contributed by atoms with Crippen molar-refractivity contribution < 1.29 is 39.3 Å². The molecule has 0 bridgehead atoms. The van der Waals surface area contributed by atoms with Crippen LogP contribution in [0.5, 0.6) is 0 Å². The van der Waals surface area contributed by atoms with Crippen LogP contribution in [0.15, 0.2) is 0 Å². The molecule has 9 nitrogen and oxygen atoms in total. The maximum absolute atomic E-state index is 10.6. The number of aliphatic carboxylic acids is 2. The zero-order valence-corrected chi connectivity index (χ0v) is 8.95. The van der Waals surface area contributed by atoms with E-state index in [1.54, 1.807) is 0 Å². The molecule has 1 unspecified atom stereocenters. The lowest BCUT2D eigenvalue weighted by Gasteiger charge is -2.21. The van der Waals surface area contributed by atoms with Gasteiger partial charge in [-0.2, -0.15) is 0 Å². The lowest BCUT2D eigenvalue weighted by atomic mass is 10.4. The van der Waals surface area contributed by atoms with Crippen molar-refractivity contribution in [3.05, 3.63) is 0 Å². The van der Waals surface area contributed by atoms with Crippen LogP contribution in [0, 0.1) is 0 Å². The number of hydrogen-bond donors (Lipinski definition) is 5. The highest BCUT2D eigenvalue weighted by Crippen LogP contribution is 2.39. The summed E-state index contributed by atoms with van der Waals surface area (Å²) in [6, 6.07) is 0. The Kier molecular flexibility index (Phi) is 5.56.